The van der Waals surface area contributed by atoms with Crippen molar-refractivity contribution in [3.63, 3.8) is 0 Å². The van der Waals surface area contributed by atoms with Crippen molar-refractivity contribution in [2.24, 2.45) is 0 Å². The average Bonchev–Trinajstić information content (AvgIpc) is 2.55. The summed E-state index contributed by atoms with van der Waals surface area (Å²) in [7, 11) is -2.79. The Kier molecular flexibility index (Phi) is 7.24. The second-order valence-corrected chi connectivity index (χ2v) is 5.81. The molecule has 1 rings (SSSR count). The van der Waals surface area contributed by atoms with Gasteiger partial charge in [0.2, 0.25) is 11.8 Å². The largest absolute Gasteiger partial charge is 0.537 e. The molecule has 25 heavy (non-hydrogen) atoms. The summed E-state index contributed by atoms with van der Waals surface area (Å²) in [5.41, 5.74) is 0. The lowest BCUT2D eigenvalue weighted by molar-refractivity contribution is -0.147. The number of hydrogen-bond acceptors (Lipinski definition) is 9. The van der Waals surface area contributed by atoms with Crippen molar-refractivity contribution in [3.05, 3.63) is 0 Å². The lowest BCUT2D eigenvalue weighted by Gasteiger charge is -2.17. The minimum absolute atomic E-state index is 0.529. The Morgan fingerprint density at radius 1 is 1.24 bits per heavy atom. The van der Waals surface area contributed by atoms with E-state index >= 15 is 0 Å². The Morgan fingerprint density at radius 2 is 1.88 bits per heavy atom. The van der Waals surface area contributed by atoms with Crippen LogP contribution in [-0.2, 0) is 42.3 Å². The normalized spacial score (nSPS) is 21.0. The zero-order valence-electron chi connectivity index (χ0n) is 13.1. The van der Waals surface area contributed by atoms with Crippen LogP contribution in [-0.4, -0.2) is 52.9 Å². The molecule has 13 heteroatoms. The lowest BCUT2D eigenvalue weighted by atomic mass is 10.2. The fourth-order valence-electron chi connectivity index (χ4n) is 1.67. The fraction of sp³-hybridized carbons (Fsp3) is 0.500. The predicted octanol–water partition coefficient (Wildman–Crippen LogP) is -1.27. The van der Waals surface area contributed by atoms with Crippen molar-refractivity contribution in [1.82, 2.24) is 10.6 Å². The van der Waals surface area contributed by atoms with Crippen molar-refractivity contribution in [3.8, 4) is 0 Å². The highest BCUT2D eigenvalue weighted by molar-refractivity contribution is 7.43. The number of aliphatic carboxylic acids is 1. The molecule has 1 aliphatic heterocycles. The summed E-state index contributed by atoms with van der Waals surface area (Å²) in [5.74, 6) is -5.99. The fourth-order valence-corrected chi connectivity index (χ4v) is 2.57. The van der Waals surface area contributed by atoms with E-state index in [0.29, 0.717) is 0 Å². The van der Waals surface area contributed by atoms with Gasteiger partial charge in [0.25, 0.3) is 0 Å². The molecule has 3 N–H and O–H groups in total. The second-order valence-electron chi connectivity index (χ2n) is 4.82. The molecular formula is C12H15N2O10P. The summed E-state index contributed by atoms with van der Waals surface area (Å²) in [6.07, 6.45) is -1.32. The van der Waals surface area contributed by atoms with Crippen LogP contribution >= 0.6 is 8.60 Å². The first-order valence-corrected chi connectivity index (χ1v) is 7.88. The summed E-state index contributed by atoms with van der Waals surface area (Å²) in [5, 5.41) is 13.0. The Bertz CT molecular complexity index is 591. The van der Waals surface area contributed by atoms with Gasteiger partial charge >= 0.3 is 32.5 Å². The second kappa shape index (κ2) is 8.92. The smallest absolute Gasteiger partial charge is 0.481 e. The zero-order valence-corrected chi connectivity index (χ0v) is 14.0. The van der Waals surface area contributed by atoms with Gasteiger partial charge in [-0.25, -0.2) is 9.59 Å². The summed E-state index contributed by atoms with van der Waals surface area (Å²) in [6, 6.07) is -2.87. The van der Waals surface area contributed by atoms with Gasteiger partial charge in [-0.3, -0.25) is 19.2 Å². The molecule has 0 radical (unpaired) electrons. The first kappa shape index (κ1) is 20.3. The number of carboxylic acids is 1. The molecule has 138 valence electrons. The van der Waals surface area contributed by atoms with Crippen LogP contribution in [0.5, 0.6) is 0 Å². The highest BCUT2D eigenvalue weighted by Crippen LogP contribution is 2.43. The van der Waals surface area contributed by atoms with Crippen molar-refractivity contribution in [2.75, 3.05) is 0 Å². The maximum Gasteiger partial charge on any atom is 0.537 e. The van der Waals surface area contributed by atoms with Gasteiger partial charge in [-0.05, 0) is 0 Å². The molecule has 0 saturated carbocycles. The molecule has 0 aliphatic carbocycles. The van der Waals surface area contributed by atoms with E-state index in [1.54, 1.807) is 0 Å². The van der Waals surface area contributed by atoms with Crippen LogP contribution in [0.1, 0.15) is 26.7 Å². The molecule has 0 aromatic carbocycles. The lowest BCUT2D eigenvalue weighted by Crippen LogP contribution is -2.42. The van der Waals surface area contributed by atoms with E-state index in [9.17, 15) is 28.8 Å². The molecule has 1 fully saturated rings. The minimum Gasteiger partial charge on any atom is -0.481 e. The van der Waals surface area contributed by atoms with Crippen LogP contribution in [0, 0.1) is 0 Å². The van der Waals surface area contributed by atoms with Crippen LogP contribution in [0.2, 0.25) is 0 Å². The third kappa shape index (κ3) is 7.12. The van der Waals surface area contributed by atoms with Crippen molar-refractivity contribution in [1.29, 1.82) is 0 Å². The third-order valence-electron chi connectivity index (χ3n) is 2.58. The van der Waals surface area contributed by atoms with Gasteiger partial charge in [-0.2, -0.15) is 0 Å². The van der Waals surface area contributed by atoms with Gasteiger partial charge in [0, 0.05) is 13.8 Å². The van der Waals surface area contributed by atoms with Gasteiger partial charge < -0.3 is 29.3 Å². The molecule has 1 aliphatic rings. The molecule has 0 aromatic heterocycles. The number of carboxylic acid groups (broad SMARTS) is 1. The summed E-state index contributed by atoms with van der Waals surface area (Å²) in [4.78, 5) is 68.1. The molecule has 0 bridgehead atoms. The summed E-state index contributed by atoms with van der Waals surface area (Å²) >= 11 is 0. The Morgan fingerprint density at radius 3 is 2.40 bits per heavy atom. The van der Waals surface area contributed by atoms with Crippen molar-refractivity contribution >= 4 is 44.3 Å². The van der Waals surface area contributed by atoms with Crippen LogP contribution < -0.4 is 10.6 Å². The molecular weight excluding hydrogens is 363 g/mol. The Balaban J connectivity index is 2.78. The SMILES string of the molecule is CC(=O)N[C@@H](CC(=O)O)C(=O)OP1OC(=O)C[C@@H](NC(C)=O)C(=O)O1. The van der Waals surface area contributed by atoms with E-state index in [0.717, 1.165) is 13.8 Å². The monoisotopic (exact) mass is 378 g/mol. The topological polar surface area (TPSA) is 174 Å². The van der Waals surface area contributed by atoms with Gasteiger partial charge in [0.05, 0.1) is 12.8 Å². The average molecular weight is 378 g/mol. The van der Waals surface area contributed by atoms with Crippen molar-refractivity contribution in [2.45, 2.75) is 38.8 Å². The first-order valence-electron chi connectivity index (χ1n) is 6.79. The maximum absolute atomic E-state index is 11.9. The number of nitrogens with one attached hydrogen (secondary N) is 2. The number of amides is 2. The number of carbonyl (C=O) groups excluding carboxylic acids is 5. The van der Waals surface area contributed by atoms with Crippen molar-refractivity contribution < 1.29 is 47.4 Å². The maximum atomic E-state index is 11.9. The highest BCUT2D eigenvalue weighted by Gasteiger charge is 2.39. The molecule has 0 aromatic rings. The van der Waals surface area contributed by atoms with Gasteiger partial charge in [0.15, 0.2) is 0 Å². The standard InChI is InChI=1S/C12H15N2O10P/c1-5(15)13-7(3-9(17)18)11(20)23-25-22-10(19)4-8(12(21)24-25)14-6(2)16/h7-8H,3-4H2,1-2H3,(H,13,15)(H,14,16)(H,17,18)/t7-,8+,25?/m0/s1. The summed E-state index contributed by atoms with van der Waals surface area (Å²) < 4.78 is 14.0. The van der Waals surface area contributed by atoms with Crippen LogP contribution in [0.3, 0.4) is 0 Å². The summed E-state index contributed by atoms with van der Waals surface area (Å²) in [6.45, 7) is 2.17. The highest BCUT2D eigenvalue weighted by atomic mass is 31.2. The van der Waals surface area contributed by atoms with Crippen LogP contribution in [0.25, 0.3) is 0 Å². The molecule has 12 nitrogen and oxygen atoms in total. The van der Waals surface area contributed by atoms with E-state index in [-0.39, 0.29) is 0 Å². The third-order valence-corrected chi connectivity index (χ3v) is 3.59. The molecule has 1 heterocycles. The number of carbonyl (C=O) groups is 6. The van der Waals surface area contributed by atoms with E-state index in [1.165, 1.54) is 0 Å². The molecule has 3 atom stereocenters. The van der Waals surface area contributed by atoms with Gasteiger partial charge in [-0.1, -0.05) is 0 Å². The van der Waals surface area contributed by atoms with E-state index < -0.39 is 69.2 Å². The molecule has 2 amide bonds. The Labute approximate surface area is 142 Å². The van der Waals surface area contributed by atoms with Gasteiger partial charge in [0.1, 0.15) is 12.1 Å². The van der Waals surface area contributed by atoms with Crippen LogP contribution in [0.15, 0.2) is 0 Å². The quantitative estimate of drug-likeness (QED) is 0.473. The van der Waals surface area contributed by atoms with Gasteiger partial charge in [-0.15, -0.1) is 0 Å². The first-order chi connectivity index (χ1) is 11.6. The van der Waals surface area contributed by atoms with E-state index in [1.807, 2.05) is 0 Å². The zero-order chi connectivity index (χ0) is 19.1. The molecule has 1 saturated heterocycles. The number of hydrogen-bond donors (Lipinski definition) is 3. The minimum atomic E-state index is -2.79. The van der Waals surface area contributed by atoms with E-state index in [4.69, 9.17) is 9.63 Å². The molecule has 1 unspecified atom stereocenters. The molecule has 0 spiro atoms. The predicted molar refractivity (Wildman–Crippen MR) is 77.3 cm³/mol. The van der Waals surface area contributed by atoms with Crippen LogP contribution in [0.4, 0.5) is 0 Å². The van der Waals surface area contributed by atoms with E-state index in [2.05, 4.69) is 19.7 Å². The number of rotatable bonds is 6. The Hall–Kier alpha value is -2.75.